The summed E-state index contributed by atoms with van der Waals surface area (Å²) in [6.45, 7) is 3.42. The summed E-state index contributed by atoms with van der Waals surface area (Å²) < 4.78 is 0. The highest BCUT2D eigenvalue weighted by Crippen LogP contribution is 2.41. The minimum atomic E-state index is -0.160. The predicted molar refractivity (Wildman–Crippen MR) is 141 cm³/mol. The van der Waals surface area contributed by atoms with Crippen molar-refractivity contribution in [1.82, 2.24) is 5.32 Å². The van der Waals surface area contributed by atoms with Crippen LogP contribution in [0.3, 0.4) is 0 Å². The van der Waals surface area contributed by atoms with Crippen LogP contribution in [0.1, 0.15) is 17.5 Å². The van der Waals surface area contributed by atoms with Gasteiger partial charge in [-0.15, -0.1) is 0 Å². The summed E-state index contributed by atoms with van der Waals surface area (Å²) in [5.41, 5.74) is 4.06. The zero-order valence-electron chi connectivity index (χ0n) is 19.5. The highest BCUT2D eigenvalue weighted by atomic mass is 32.2. The number of thioether (sulfide) groups is 1. The van der Waals surface area contributed by atoms with Gasteiger partial charge in [-0.1, -0.05) is 71.9 Å². The van der Waals surface area contributed by atoms with Gasteiger partial charge >= 0.3 is 0 Å². The van der Waals surface area contributed by atoms with Crippen molar-refractivity contribution in [2.24, 2.45) is 0 Å². The van der Waals surface area contributed by atoms with E-state index in [0.29, 0.717) is 11.4 Å². The maximum absolute atomic E-state index is 13.3. The number of nitrogens with one attached hydrogen (secondary N) is 1. The summed E-state index contributed by atoms with van der Waals surface area (Å²) in [5, 5.41) is 2.97. The number of hydrogen-bond acceptors (Lipinski definition) is 4. The van der Waals surface area contributed by atoms with Crippen LogP contribution in [0, 0.1) is 6.92 Å². The van der Waals surface area contributed by atoms with E-state index < -0.39 is 0 Å². The molecule has 0 unspecified atom stereocenters. The molecule has 0 aromatic heterocycles. The van der Waals surface area contributed by atoms with Crippen LogP contribution in [-0.2, 0) is 9.59 Å². The molecule has 2 amide bonds. The number of benzene rings is 3. The fourth-order valence-corrected chi connectivity index (χ4v) is 4.85. The molecule has 0 spiro atoms. The van der Waals surface area contributed by atoms with Crippen LogP contribution in [-0.4, -0.2) is 38.5 Å². The molecule has 1 aliphatic heterocycles. The first-order valence-electron chi connectivity index (χ1n) is 11.4. The Bertz CT molecular complexity index is 1180. The average molecular weight is 472 g/mol. The Morgan fingerprint density at radius 3 is 2.47 bits per heavy atom. The number of carbonyl (C=O) groups is 2. The molecule has 3 aromatic rings. The Hall–Kier alpha value is -3.51. The quantitative estimate of drug-likeness (QED) is 0.366. The summed E-state index contributed by atoms with van der Waals surface area (Å²) in [4.78, 5) is 31.4. The lowest BCUT2D eigenvalue weighted by atomic mass is 10.1. The van der Waals surface area contributed by atoms with E-state index in [0.717, 1.165) is 34.8 Å². The largest absolute Gasteiger partial charge is 0.375 e. The van der Waals surface area contributed by atoms with Crippen LogP contribution < -0.4 is 15.1 Å². The van der Waals surface area contributed by atoms with Gasteiger partial charge in [0.2, 0.25) is 5.91 Å². The summed E-state index contributed by atoms with van der Waals surface area (Å²) in [5.74, 6) is -0.310. The second-order valence-corrected chi connectivity index (χ2v) is 9.42. The summed E-state index contributed by atoms with van der Waals surface area (Å²) in [6.07, 6.45) is 2.71. The van der Waals surface area contributed by atoms with E-state index in [4.69, 9.17) is 0 Å². The van der Waals surface area contributed by atoms with Crippen LogP contribution in [0.5, 0.6) is 0 Å². The van der Waals surface area contributed by atoms with Crippen molar-refractivity contribution in [3.8, 4) is 0 Å². The van der Waals surface area contributed by atoms with Gasteiger partial charge in [0.05, 0.1) is 10.6 Å². The topological polar surface area (TPSA) is 52.7 Å². The van der Waals surface area contributed by atoms with E-state index >= 15 is 0 Å². The van der Waals surface area contributed by atoms with Crippen LogP contribution >= 0.6 is 11.8 Å². The average Bonchev–Trinajstić information content (AvgIpc) is 2.86. The maximum atomic E-state index is 13.3. The van der Waals surface area contributed by atoms with Crippen molar-refractivity contribution in [1.29, 1.82) is 0 Å². The lowest BCUT2D eigenvalue weighted by Gasteiger charge is -2.30. The second-order valence-electron chi connectivity index (χ2n) is 8.34. The van der Waals surface area contributed by atoms with Crippen LogP contribution in [0.15, 0.2) is 88.7 Å². The first-order valence-corrected chi connectivity index (χ1v) is 12.2. The smallest absolute Gasteiger partial charge is 0.265 e. The molecule has 5 nitrogen and oxygen atoms in total. The molecule has 174 valence electrons. The molecule has 0 atom stereocenters. The van der Waals surface area contributed by atoms with E-state index in [2.05, 4.69) is 22.3 Å². The van der Waals surface area contributed by atoms with E-state index in [1.165, 1.54) is 17.3 Å². The van der Waals surface area contributed by atoms with Gasteiger partial charge in [-0.3, -0.25) is 14.5 Å². The molecule has 1 N–H and O–H groups in total. The van der Waals surface area contributed by atoms with Gasteiger partial charge in [-0.2, -0.15) is 0 Å². The number of fused-ring (bicyclic) bond motifs is 1. The monoisotopic (exact) mass is 471 g/mol. The van der Waals surface area contributed by atoms with Gasteiger partial charge < -0.3 is 10.2 Å². The third kappa shape index (κ3) is 5.88. The number of hydrogen-bond donors (Lipinski definition) is 1. The Balaban J connectivity index is 1.39. The van der Waals surface area contributed by atoms with Crippen molar-refractivity contribution >= 4 is 41.0 Å². The molecule has 0 fully saturated rings. The first kappa shape index (κ1) is 23.6. The van der Waals surface area contributed by atoms with E-state index in [1.54, 1.807) is 4.90 Å². The van der Waals surface area contributed by atoms with Crippen molar-refractivity contribution in [2.45, 2.75) is 18.2 Å². The van der Waals surface area contributed by atoms with Crippen molar-refractivity contribution in [3.63, 3.8) is 0 Å². The lowest BCUT2D eigenvalue weighted by Crippen LogP contribution is -2.43. The summed E-state index contributed by atoms with van der Waals surface area (Å²) in [6, 6.07) is 25.9. The van der Waals surface area contributed by atoms with E-state index in [9.17, 15) is 9.59 Å². The minimum absolute atomic E-state index is 0.00380. The number of para-hydroxylation sites is 2. The number of aryl methyl sites for hydroxylation is 1. The molecule has 0 saturated carbocycles. The molecular weight excluding hydrogens is 442 g/mol. The van der Waals surface area contributed by atoms with Gasteiger partial charge in [0.15, 0.2) is 0 Å². The zero-order chi connectivity index (χ0) is 23.9. The van der Waals surface area contributed by atoms with Gasteiger partial charge in [-0.25, -0.2) is 0 Å². The molecule has 1 heterocycles. The SMILES string of the molecule is Cc1ccc(C=C2Sc3ccccc3N(CC(=O)NCCCN(C)c3ccccc3)C2=O)cc1. The van der Waals surface area contributed by atoms with E-state index in [-0.39, 0.29) is 18.4 Å². The standard InChI is InChI=1S/C28H29N3O2S/c1-21-13-15-22(16-14-21)19-26-28(33)31(24-11-6-7-12-25(24)34-26)20-27(32)29-17-8-18-30(2)23-9-4-3-5-10-23/h3-7,9-16,19H,8,17-18,20H2,1-2H3,(H,29,32). The molecule has 0 aliphatic carbocycles. The van der Waals surface area contributed by atoms with E-state index in [1.807, 2.05) is 86.8 Å². The molecule has 0 bridgehead atoms. The van der Waals surface area contributed by atoms with Gasteiger partial charge in [0.25, 0.3) is 5.91 Å². The molecule has 0 radical (unpaired) electrons. The molecule has 3 aromatic carbocycles. The zero-order valence-corrected chi connectivity index (χ0v) is 20.3. The van der Waals surface area contributed by atoms with Crippen LogP contribution in [0.25, 0.3) is 6.08 Å². The first-order chi connectivity index (χ1) is 16.5. The highest BCUT2D eigenvalue weighted by Gasteiger charge is 2.30. The van der Waals surface area contributed by atoms with Crippen LogP contribution in [0.4, 0.5) is 11.4 Å². The molecule has 6 heteroatoms. The maximum Gasteiger partial charge on any atom is 0.265 e. The number of anilines is 2. The lowest BCUT2D eigenvalue weighted by molar-refractivity contribution is -0.122. The Morgan fingerprint density at radius 2 is 1.71 bits per heavy atom. The fourth-order valence-electron chi connectivity index (χ4n) is 3.79. The number of carbonyl (C=O) groups excluding carboxylic acids is 2. The third-order valence-corrected chi connectivity index (χ3v) is 6.78. The predicted octanol–water partition coefficient (Wildman–Crippen LogP) is 5.12. The van der Waals surface area contributed by atoms with Gasteiger partial charge in [-0.05, 0) is 49.2 Å². The Morgan fingerprint density at radius 1 is 1.00 bits per heavy atom. The van der Waals surface area contributed by atoms with Gasteiger partial charge in [0.1, 0.15) is 6.54 Å². The molecule has 0 saturated heterocycles. The molecular formula is C28H29N3O2S. The Kier molecular flexibility index (Phi) is 7.70. The second kappa shape index (κ2) is 11.1. The fraction of sp³-hybridized carbons (Fsp3) is 0.214. The molecule has 34 heavy (non-hydrogen) atoms. The van der Waals surface area contributed by atoms with Crippen LogP contribution in [0.2, 0.25) is 0 Å². The van der Waals surface area contributed by atoms with Crippen molar-refractivity contribution in [3.05, 3.63) is 94.9 Å². The highest BCUT2D eigenvalue weighted by molar-refractivity contribution is 8.04. The summed E-state index contributed by atoms with van der Waals surface area (Å²) in [7, 11) is 2.04. The number of rotatable bonds is 8. The molecule has 4 rings (SSSR count). The van der Waals surface area contributed by atoms with Gasteiger partial charge in [0, 0.05) is 30.7 Å². The van der Waals surface area contributed by atoms with Crippen molar-refractivity contribution < 1.29 is 9.59 Å². The molecule has 1 aliphatic rings. The van der Waals surface area contributed by atoms with Crippen molar-refractivity contribution in [2.75, 3.05) is 36.5 Å². The third-order valence-electron chi connectivity index (χ3n) is 5.70. The summed E-state index contributed by atoms with van der Waals surface area (Å²) >= 11 is 1.45. The normalized spacial score (nSPS) is 14.1. The number of amides is 2. The minimum Gasteiger partial charge on any atom is -0.375 e. The Labute approximate surface area is 205 Å². The number of nitrogens with zero attached hydrogens (tertiary/aromatic N) is 2.